The molecule has 6 aromatic carbocycles. The van der Waals surface area contributed by atoms with Crippen LogP contribution in [0.1, 0.15) is 39.5 Å². The Bertz CT molecular complexity index is 3790. The van der Waals surface area contributed by atoms with E-state index in [9.17, 15) is 34.0 Å². The van der Waals surface area contributed by atoms with Crippen LogP contribution in [0.3, 0.4) is 0 Å². The Hall–Kier alpha value is -8.32. The van der Waals surface area contributed by atoms with E-state index in [2.05, 4.69) is 51.8 Å². The van der Waals surface area contributed by atoms with Crippen molar-refractivity contribution in [3.63, 3.8) is 0 Å². The number of aryl methyl sites for hydroxylation is 1. The molecule has 378 valence electrons. The van der Waals surface area contributed by atoms with Gasteiger partial charge in [0.15, 0.2) is 11.5 Å². The maximum absolute atomic E-state index is 12.2. The maximum Gasteiger partial charge on any atom is 1.00 e. The standard InChI is InChI=1S/C30H20Cl2N4O4S.C30H21ClN4O.Na/c1-35-25(19-34)30(21-8-5-9-23(31)16-21)22(18-33)10-13-29-36(26-17-24(32)11-12-27(26)40-29)15-14-28(41(37,38)39)20-6-3-2-4-7-20;1-21-7-9-22(10-8-21)17-18-35-27-5-3-4-6-28(27)36-29(35)16-13-24(19-32)30(26(20-33)34-2)23-11-14-25(31)15-12-23;/h2-13,16-17,28H,14-15H2,(H,37,38,39);3-16H,17-18H2,1H3;/q;;+1/p-1/b22-10+,29-13-,30-25+;24-13+,29-16-,30-26+;. The smallest absolute Gasteiger partial charge is 0.747 e. The van der Waals surface area contributed by atoms with Crippen LogP contribution in [-0.4, -0.2) is 26.1 Å². The normalized spacial score (nSPS) is 14.6. The third-order valence-electron chi connectivity index (χ3n) is 11.9. The summed E-state index contributed by atoms with van der Waals surface area (Å²) in [4.78, 5) is 10.4. The molecule has 0 aliphatic carbocycles. The monoisotopic (exact) mass is 1110 g/mol. The van der Waals surface area contributed by atoms with Crippen molar-refractivity contribution in [3.05, 3.63) is 270 Å². The first-order valence-electron chi connectivity index (χ1n) is 23.2. The van der Waals surface area contributed by atoms with E-state index in [1.54, 1.807) is 114 Å². The summed E-state index contributed by atoms with van der Waals surface area (Å²) in [6, 6.07) is 50.3. The number of hydrogen-bond acceptors (Lipinski definition) is 11. The fraction of sp³-hybridized carbons (Fsp3) is 0.100. The molecule has 0 fully saturated rings. The number of allylic oxidation sites excluding steroid dienone is 10. The van der Waals surface area contributed by atoms with Gasteiger partial charge in [-0.15, -0.1) is 0 Å². The molecule has 1 unspecified atom stereocenters. The second-order valence-electron chi connectivity index (χ2n) is 16.8. The minimum absolute atomic E-state index is 0. The summed E-state index contributed by atoms with van der Waals surface area (Å²) in [6.45, 7) is 17.7. The summed E-state index contributed by atoms with van der Waals surface area (Å²) in [5.41, 5.74) is 5.28. The van der Waals surface area contributed by atoms with Crippen LogP contribution >= 0.6 is 34.8 Å². The summed E-state index contributed by atoms with van der Waals surface area (Å²) >= 11 is 18.4. The minimum Gasteiger partial charge on any atom is -0.747 e. The van der Waals surface area contributed by atoms with Gasteiger partial charge in [0.25, 0.3) is 11.4 Å². The zero-order chi connectivity index (χ0) is 55.1. The fourth-order valence-electron chi connectivity index (χ4n) is 8.26. The van der Waals surface area contributed by atoms with Crippen molar-refractivity contribution in [3.8, 4) is 35.8 Å². The molecular formula is C60H40Cl3N8NaO5S. The van der Waals surface area contributed by atoms with Gasteiger partial charge >= 0.3 is 29.6 Å². The molecular weight excluding hydrogens is 1070 g/mol. The van der Waals surface area contributed by atoms with Crippen LogP contribution in [0.15, 0.2) is 204 Å². The van der Waals surface area contributed by atoms with Crippen molar-refractivity contribution >= 4 is 67.4 Å². The van der Waals surface area contributed by atoms with E-state index in [4.69, 9.17) is 57.4 Å². The Balaban J connectivity index is 0.000000251. The van der Waals surface area contributed by atoms with Gasteiger partial charge in [0.2, 0.25) is 11.8 Å². The van der Waals surface area contributed by atoms with E-state index in [-0.39, 0.29) is 82.1 Å². The predicted octanol–water partition coefficient (Wildman–Crippen LogP) is 11.3. The maximum atomic E-state index is 12.2. The molecule has 0 radical (unpaired) electrons. The van der Waals surface area contributed by atoms with Crippen LogP contribution in [0.5, 0.6) is 11.5 Å². The first-order chi connectivity index (χ1) is 37.2. The van der Waals surface area contributed by atoms with Crippen molar-refractivity contribution in [1.29, 1.82) is 21.0 Å². The topological polar surface area (TPSA) is 186 Å². The van der Waals surface area contributed by atoms with Gasteiger partial charge in [-0.3, -0.25) is 0 Å². The molecule has 0 saturated carbocycles. The van der Waals surface area contributed by atoms with Crippen molar-refractivity contribution in [2.45, 2.75) is 25.0 Å². The third kappa shape index (κ3) is 14.6. The zero-order valence-corrected chi connectivity index (χ0v) is 46.8. The first kappa shape index (κ1) is 58.9. The van der Waals surface area contributed by atoms with Crippen LogP contribution in [0.25, 0.3) is 20.8 Å². The Morgan fingerprint density at radius 3 is 1.73 bits per heavy atom. The van der Waals surface area contributed by atoms with Crippen molar-refractivity contribution in [2.24, 2.45) is 0 Å². The second kappa shape index (κ2) is 27.6. The van der Waals surface area contributed by atoms with E-state index in [0.717, 1.165) is 17.9 Å². The Morgan fingerprint density at radius 2 is 1.17 bits per heavy atom. The Morgan fingerprint density at radius 1 is 0.628 bits per heavy atom. The quantitative estimate of drug-likeness (QED) is 0.0332. The van der Waals surface area contributed by atoms with Crippen molar-refractivity contribution < 1.29 is 52.0 Å². The van der Waals surface area contributed by atoms with Crippen LogP contribution in [0.2, 0.25) is 15.1 Å². The molecule has 1 atom stereocenters. The summed E-state index contributed by atoms with van der Waals surface area (Å²) < 4.78 is 48.6. The third-order valence-corrected chi connectivity index (χ3v) is 13.9. The predicted molar refractivity (Wildman–Crippen MR) is 297 cm³/mol. The molecule has 2 aliphatic rings. The molecule has 2 heterocycles. The van der Waals surface area contributed by atoms with Gasteiger partial charge in [-0.1, -0.05) is 131 Å². The molecule has 18 heteroatoms. The molecule has 0 spiro atoms. The summed E-state index contributed by atoms with van der Waals surface area (Å²) in [6.07, 6.45) is 6.90. The molecule has 78 heavy (non-hydrogen) atoms. The number of benzene rings is 6. The number of nitrogens with zero attached hydrogens (tertiary/aromatic N) is 8. The molecule has 13 nitrogen and oxygen atoms in total. The molecule has 0 N–H and O–H groups in total. The van der Waals surface area contributed by atoms with Gasteiger partial charge in [-0.25, -0.2) is 28.6 Å². The van der Waals surface area contributed by atoms with Crippen molar-refractivity contribution in [2.75, 3.05) is 22.9 Å². The molecule has 0 aromatic heterocycles. The summed E-state index contributed by atoms with van der Waals surface area (Å²) in [7, 11) is -4.70. The summed E-state index contributed by atoms with van der Waals surface area (Å²) in [5.74, 6) is 1.94. The van der Waals surface area contributed by atoms with E-state index < -0.39 is 15.4 Å². The Labute approximate surface area is 490 Å². The van der Waals surface area contributed by atoms with Crippen LogP contribution in [-0.2, 0) is 16.5 Å². The molecule has 0 amide bonds. The largest absolute Gasteiger partial charge is 1.00 e. The van der Waals surface area contributed by atoms with E-state index in [0.29, 0.717) is 55.6 Å². The van der Waals surface area contributed by atoms with Gasteiger partial charge in [0.05, 0.1) is 65.2 Å². The number of hydrogen-bond donors (Lipinski definition) is 0. The number of ether oxygens (including phenoxy) is 2. The van der Waals surface area contributed by atoms with Gasteiger partial charge in [-0.05, 0) is 109 Å². The molecule has 8 rings (SSSR count). The van der Waals surface area contributed by atoms with Crippen LogP contribution < -0.4 is 48.8 Å². The molecule has 6 aromatic rings. The average Bonchev–Trinajstić information content (AvgIpc) is 4.05. The number of anilines is 2. The summed E-state index contributed by atoms with van der Waals surface area (Å²) in [5, 5.41) is 39.1. The van der Waals surface area contributed by atoms with Gasteiger partial charge in [0.1, 0.15) is 10.1 Å². The number of fused-ring (bicyclic) bond motifs is 2. The Kier molecular flexibility index (Phi) is 20.9. The van der Waals surface area contributed by atoms with E-state index >= 15 is 0 Å². The van der Waals surface area contributed by atoms with Crippen LogP contribution in [0.4, 0.5) is 11.4 Å². The van der Waals surface area contributed by atoms with Crippen LogP contribution in [0, 0.1) is 65.4 Å². The van der Waals surface area contributed by atoms with Crippen molar-refractivity contribution in [1.82, 2.24) is 0 Å². The fourth-order valence-corrected chi connectivity index (χ4v) is 9.63. The van der Waals surface area contributed by atoms with E-state index in [1.165, 1.54) is 23.3 Å². The minimum atomic E-state index is -4.70. The first-order valence-corrected chi connectivity index (χ1v) is 25.9. The van der Waals surface area contributed by atoms with Gasteiger partial charge < -0.3 is 23.8 Å². The van der Waals surface area contributed by atoms with E-state index in [1.807, 2.05) is 42.5 Å². The van der Waals surface area contributed by atoms with Gasteiger partial charge in [-0.2, -0.15) is 10.5 Å². The molecule has 2 aliphatic heterocycles. The van der Waals surface area contributed by atoms with Gasteiger partial charge in [0, 0.05) is 51.5 Å². The zero-order valence-electron chi connectivity index (χ0n) is 41.7. The number of para-hydroxylation sites is 2. The second-order valence-corrected chi connectivity index (χ2v) is 19.7. The number of rotatable bonds is 14. The SMILES string of the molecule is [C-]#[N+]/C(C#N)=C(/C(C#N)=C/C=C1\Oc2ccc(Cl)cc2N1CCC(c1ccccc1)S(=O)(=O)[O-])c1cccc(Cl)c1.[C-]#[N+]/C(C#N)=C(/C(C#N)=C/C=C1\Oc2ccccc2N1CCc1ccc(C)cc1)c1ccc(Cl)cc1.[Na+]. The molecule has 0 bridgehead atoms. The number of nitriles is 4. The number of halogens is 3. The molecule has 0 saturated heterocycles. The average molecular weight is 1110 g/mol.